The summed E-state index contributed by atoms with van der Waals surface area (Å²) in [5, 5.41) is 15.6. The monoisotopic (exact) mass is 572 g/mol. The smallest absolute Gasteiger partial charge is 0.250 e. The second kappa shape index (κ2) is 11.4. The molecule has 0 fully saturated rings. The molecule has 10 heteroatoms. The minimum absolute atomic E-state index is 0.106. The number of halogens is 1. The SMILES string of the molecule is COc1ccc2ccccc2c1C=NNC(=O)CSc1nnc(-c2ccncc2)n1-c1ccc(Br)cc1. The van der Waals surface area contributed by atoms with Crippen LogP contribution in [0.25, 0.3) is 27.8 Å². The highest BCUT2D eigenvalue weighted by atomic mass is 79.9. The number of fused-ring (bicyclic) bond motifs is 1. The summed E-state index contributed by atoms with van der Waals surface area (Å²) in [6.45, 7) is 0. The number of pyridine rings is 1. The summed E-state index contributed by atoms with van der Waals surface area (Å²) in [4.78, 5) is 16.7. The Morgan fingerprint density at radius 3 is 2.62 bits per heavy atom. The number of hydrazone groups is 1. The summed E-state index contributed by atoms with van der Waals surface area (Å²) in [5.74, 6) is 1.18. The molecule has 5 aromatic rings. The molecule has 0 aliphatic heterocycles. The van der Waals surface area contributed by atoms with Gasteiger partial charge in [0.15, 0.2) is 11.0 Å². The van der Waals surface area contributed by atoms with E-state index in [9.17, 15) is 4.79 Å². The number of carbonyl (C=O) groups is 1. The van der Waals surface area contributed by atoms with Gasteiger partial charge < -0.3 is 4.74 Å². The first-order valence-electron chi connectivity index (χ1n) is 11.3. The third-order valence-corrected chi connectivity index (χ3v) is 6.98. The van der Waals surface area contributed by atoms with Crippen molar-refractivity contribution in [3.63, 3.8) is 0 Å². The molecule has 0 radical (unpaired) electrons. The zero-order chi connectivity index (χ0) is 25.6. The summed E-state index contributed by atoms with van der Waals surface area (Å²) in [6, 6.07) is 23.4. The topological polar surface area (TPSA) is 94.3 Å². The summed E-state index contributed by atoms with van der Waals surface area (Å²) >= 11 is 4.75. The Morgan fingerprint density at radius 2 is 1.84 bits per heavy atom. The lowest BCUT2D eigenvalue weighted by Crippen LogP contribution is -2.20. The van der Waals surface area contributed by atoms with Crippen molar-refractivity contribution < 1.29 is 9.53 Å². The molecule has 0 spiro atoms. The van der Waals surface area contributed by atoms with Crippen LogP contribution in [0.15, 0.2) is 99.9 Å². The molecule has 1 N–H and O–H groups in total. The fourth-order valence-corrected chi connectivity index (χ4v) is 4.80. The highest BCUT2D eigenvalue weighted by Crippen LogP contribution is 2.29. The Balaban J connectivity index is 1.33. The molecule has 8 nitrogen and oxygen atoms in total. The maximum absolute atomic E-state index is 12.6. The van der Waals surface area contributed by atoms with E-state index in [1.807, 2.05) is 77.4 Å². The van der Waals surface area contributed by atoms with E-state index in [2.05, 4.69) is 41.6 Å². The van der Waals surface area contributed by atoms with Gasteiger partial charge in [-0.05, 0) is 53.2 Å². The van der Waals surface area contributed by atoms with Crippen LogP contribution in [-0.2, 0) is 4.79 Å². The second-order valence-electron chi connectivity index (χ2n) is 7.84. The van der Waals surface area contributed by atoms with Gasteiger partial charge in [-0.3, -0.25) is 14.3 Å². The first-order chi connectivity index (χ1) is 18.1. The molecule has 37 heavy (non-hydrogen) atoms. The molecule has 2 aromatic heterocycles. The number of amides is 1. The van der Waals surface area contributed by atoms with E-state index in [4.69, 9.17) is 4.74 Å². The molecule has 184 valence electrons. The van der Waals surface area contributed by atoms with Gasteiger partial charge in [0.25, 0.3) is 5.91 Å². The lowest BCUT2D eigenvalue weighted by molar-refractivity contribution is -0.118. The Kier molecular flexibility index (Phi) is 7.57. The van der Waals surface area contributed by atoms with E-state index in [-0.39, 0.29) is 11.7 Å². The quantitative estimate of drug-likeness (QED) is 0.150. The zero-order valence-corrected chi connectivity index (χ0v) is 22.1. The van der Waals surface area contributed by atoms with Crippen LogP contribution in [0.2, 0.25) is 0 Å². The van der Waals surface area contributed by atoms with Gasteiger partial charge in [0.05, 0.1) is 19.1 Å². The summed E-state index contributed by atoms with van der Waals surface area (Å²) < 4.78 is 8.37. The molecule has 1 amide bonds. The van der Waals surface area contributed by atoms with Crippen molar-refractivity contribution in [2.45, 2.75) is 5.16 Å². The van der Waals surface area contributed by atoms with Crippen LogP contribution in [0.1, 0.15) is 5.56 Å². The van der Waals surface area contributed by atoms with Gasteiger partial charge in [0.2, 0.25) is 0 Å². The number of carbonyl (C=O) groups excluding carboxylic acids is 1. The predicted molar refractivity (Wildman–Crippen MR) is 149 cm³/mol. The largest absolute Gasteiger partial charge is 0.496 e. The number of rotatable bonds is 8. The summed E-state index contributed by atoms with van der Waals surface area (Å²) in [6.07, 6.45) is 5.02. The lowest BCUT2D eigenvalue weighted by atomic mass is 10.0. The Labute approximate surface area is 225 Å². The molecule has 5 rings (SSSR count). The van der Waals surface area contributed by atoms with E-state index in [0.717, 1.165) is 32.1 Å². The molecule has 0 unspecified atom stereocenters. The number of nitrogens with zero attached hydrogens (tertiary/aromatic N) is 5. The number of hydrogen-bond donors (Lipinski definition) is 1. The maximum atomic E-state index is 12.6. The van der Waals surface area contributed by atoms with E-state index in [1.165, 1.54) is 11.8 Å². The molecule has 0 saturated heterocycles. The van der Waals surface area contributed by atoms with Crippen molar-refractivity contribution in [1.29, 1.82) is 0 Å². The van der Waals surface area contributed by atoms with Crippen molar-refractivity contribution in [3.05, 3.63) is 95.2 Å². The van der Waals surface area contributed by atoms with Crippen molar-refractivity contribution >= 4 is 50.6 Å². The van der Waals surface area contributed by atoms with Crippen LogP contribution in [0, 0.1) is 0 Å². The Morgan fingerprint density at radius 1 is 1.05 bits per heavy atom. The molecular weight excluding hydrogens is 552 g/mol. The van der Waals surface area contributed by atoms with Crippen molar-refractivity contribution in [3.8, 4) is 22.8 Å². The van der Waals surface area contributed by atoms with Crippen LogP contribution in [0.5, 0.6) is 5.75 Å². The number of benzene rings is 3. The minimum atomic E-state index is -0.267. The maximum Gasteiger partial charge on any atom is 0.250 e. The molecule has 2 heterocycles. The van der Waals surface area contributed by atoms with E-state index < -0.39 is 0 Å². The number of nitrogens with one attached hydrogen (secondary N) is 1. The van der Waals surface area contributed by atoms with Gasteiger partial charge in [-0.2, -0.15) is 5.10 Å². The van der Waals surface area contributed by atoms with Gasteiger partial charge in [-0.15, -0.1) is 10.2 Å². The number of thioether (sulfide) groups is 1. The van der Waals surface area contributed by atoms with Crippen LogP contribution < -0.4 is 10.2 Å². The average Bonchev–Trinajstić information content (AvgIpc) is 3.37. The molecule has 0 bridgehead atoms. The van der Waals surface area contributed by atoms with Crippen LogP contribution in [-0.4, -0.2) is 44.7 Å². The fourth-order valence-electron chi connectivity index (χ4n) is 3.79. The number of ether oxygens (including phenoxy) is 1. The molecule has 3 aromatic carbocycles. The van der Waals surface area contributed by atoms with Crippen LogP contribution in [0.4, 0.5) is 0 Å². The van der Waals surface area contributed by atoms with Crippen molar-refractivity contribution in [2.75, 3.05) is 12.9 Å². The van der Waals surface area contributed by atoms with Gasteiger partial charge in [0, 0.05) is 33.7 Å². The van der Waals surface area contributed by atoms with Gasteiger partial charge in [-0.1, -0.05) is 58.0 Å². The van der Waals surface area contributed by atoms with Gasteiger partial charge in [0.1, 0.15) is 5.75 Å². The number of methoxy groups -OCH3 is 1. The van der Waals surface area contributed by atoms with Gasteiger partial charge >= 0.3 is 0 Å². The average molecular weight is 573 g/mol. The fraction of sp³-hybridized carbons (Fsp3) is 0.0741. The number of aromatic nitrogens is 4. The summed E-state index contributed by atoms with van der Waals surface area (Å²) in [5.41, 5.74) is 5.15. The van der Waals surface area contributed by atoms with E-state index in [1.54, 1.807) is 25.7 Å². The molecule has 0 atom stereocenters. The standard InChI is InChI=1S/C27H21BrN6O2S/c1-36-24-11-6-18-4-2-3-5-22(18)23(24)16-30-31-25(35)17-37-27-33-32-26(19-12-14-29-15-13-19)34(27)21-9-7-20(28)8-10-21/h2-16H,17H2,1H3,(H,31,35). The first-order valence-corrected chi connectivity index (χ1v) is 13.0. The number of hydrogen-bond acceptors (Lipinski definition) is 7. The van der Waals surface area contributed by atoms with Crippen molar-refractivity contribution in [1.82, 2.24) is 25.2 Å². The highest BCUT2D eigenvalue weighted by Gasteiger charge is 2.17. The van der Waals surface area contributed by atoms with Crippen molar-refractivity contribution in [2.24, 2.45) is 5.10 Å². The third kappa shape index (κ3) is 5.55. The predicted octanol–water partition coefficient (Wildman–Crippen LogP) is 5.50. The molecular formula is C27H21BrN6O2S. The van der Waals surface area contributed by atoms with Crippen LogP contribution >= 0.6 is 27.7 Å². The Hall–Kier alpha value is -4.02. The molecule has 0 aliphatic rings. The summed E-state index contributed by atoms with van der Waals surface area (Å²) in [7, 11) is 1.61. The zero-order valence-electron chi connectivity index (χ0n) is 19.7. The van der Waals surface area contributed by atoms with Crippen LogP contribution in [0.3, 0.4) is 0 Å². The third-order valence-electron chi connectivity index (χ3n) is 5.52. The Bertz CT molecular complexity index is 1570. The first kappa shape index (κ1) is 24.7. The molecule has 0 aliphatic carbocycles. The highest BCUT2D eigenvalue weighted by molar-refractivity contribution is 9.10. The van der Waals surface area contributed by atoms with Gasteiger partial charge in [-0.25, -0.2) is 5.43 Å². The lowest BCUT2D eigenvalue weighted by Gasteiger charge is -2.10. The minimum Gasteiger partial charge on any atom is -0.496 e. The normalized spacial score (nSPS) is 11.2. The molecule has 0 saturated carbocycles. The second-order valence-corrected chi connectivity index (χ2v) is 9.70. The van der Waals surface area contributed by atoms with E-state index in [0.29, 0.717) is 16.7 Å². The van der Waals surface area contributed by atoms with E-state index >= 15 is 0 Å².